The zero-order valence-corrected chi connectivity index (χ0v) is 11.8. The summed E-state index contributed by atoms with van der Waals surface area (Å²) in [6.07, 6.45) is 2.35. The van der Waals surface area contributed by atoms with Crippen LogP contribution in [0.2, 0.25) is 0 Å². The molecular weight excluding hydrogens is 270 g/mol. The van der Waals surface area contributed by atoms with Gasteiger partial charge in [0.1, 0.15) is 5.75 Å². The average molecular weight is 287 g/mol. The first-order valence-corrected chi connectivity index (χ1v) is 8.00. The molecule has 1 fully saturated rings. The molecule has 0 saturated heterocycles. The van der Waals surface area contributed by atoms with E-state index in [9.17, 15) is 13.2 Å². The number of ether oxygens (including phenoxy) is 1. The van der Waals surface area contributed by atoms with Gasteiger partial charge in [0, 0.05) is 0 Å². The molecule has 0 aliphatic heterocycles. The van der Waals surface area contributed by atoms with Gasteiger partial charge in [-0.25, -0.2) is 18.2 Å². The molecule has 0 atom stereocenters. The lowest BCUT2D eigenvalue weighted by atomic mass is 10.0. The highest BCUT2D eigenvalue weighted by atomic mass is 32.2. The van der Waals surface area contributed by atoms with E-state index in [4.69, 9.17) is 9.15 Å². The van der Waals surface area contributed by atoms with Gasteiger partial charge in [-0.3, -0.25) is 0 Å². The largest absolute Gasteiger partial charge is 0.460 e. The Labute approximate surface area is 112 Å². The molecule has 1 aliphatic carbocycles. The lowest BCUT2D eigenvalue weighted by Crippen LogP contribution is -2.29. The maximum Gasteiger partial charge on any atom is 0.376 e. The van der Waals surface area contributed by atoms with Crippen LogP contribution in [0.1, 0.15) is 48.3 Å². The van der Waals surface area contributed by atoms with Crippen LogP contribution >= 0.6 is 0 Å². The summed E-state index contributed by atoms with van der Waals surface area (Å²) in [6.45, 7) is 3.51. The minimum absolute atomic E-state index is 0.0133. The number of aromatic nitrogens is 1. The van der Waals surface area contributed by atoms with Gasteiger partial charge in [0.2, 0.25) is 11.7 Å². The van der Waals surface area contributed by atoms with Crippen LogP contribution in [-0.4, -0.2) is 31.2 Å². The fraction of sp³-hybridized carbons (Fsp3) is 0.667. The second kappa shape index (κ2) is 5.32. The van der Waals surface area contributed by atoms with Gasteiger partial charge in [0.25, 0.3) is 0 Å². The third-order valence-corrected chi connectivity index (χ3v) is 5.32. The van der Waals surface area contributed by atoms with Crippen LogP contribution in [0, 0.1) is 6.92 Å². The Morgan fingerprint density at radius 2 is 2.16 bits per heavy atom. The maximum absolute atomic E-state index is 12.0. The molecule has 6 nitrogen and oxygen atoms in total. The van der Waals surface area contributed by atoms with Gasteiger partial charge in [-0.05, 0) is 26.7 Å². The zero-order valence-electron chi connectivity index (χ0n) is 11.0. The van der Waals surface area contributed by atoms with Gasteiger partial charge in [0.15, 0.2) is 9.84 Å². The highest BCUT2D eigenvalue weighted by molar-refractivity contribution is 7.91. The van der Waals surface area contributed by atoms with Crippen molar-refractivity contribution < 1.29 is 22.4 Å². The maximum atomic E-state index is 12.0. The van der Waals surface area contributed by atoms with Crippen molar-refractivity contribution in [2.45, 2.75) is 44.1 Å². The molecule has 0 radical (unpaired) electrons. The minimum Gasteiger partial charge on any atom is -0.460 e. The molecule has 106 valence electrons. The van der Waals surface area contributed by atoms with Gasteiger partial charge in [0.05, 0.1) is 17.6 Å². The van der Waals surface area contributed by atoms with Gasteiger partial charge in [-0.15, -0.1) is 0 Å². The number of oxazole rings is 1. The number of rotatable bonds is 5. The normalized spacial score (nSPS) is 16.1. The summed E-state index contributed by atoms with van der Waals surface area (Å²) in [7, 11) is -3.23. The fourth-order valence-electron chi connectivity index (χ4n) is 1.92. The molecule has 2 rings (SSSR count). The van der Waals surface area contributed by atoms with Crippen LogP contribution in [-0.2, 0) is 20.3 Å². The Bertz CT molecular complexity index is 571. The molecular formula is C12H17NO5S. The van der Waals surface area contributed by atoms with E-state index in [0.29, 0.717) is 18.5 Å². The molecule has 7 heteroatoms. The van der Waals surface area contributed by atoms with Crippen molar-refractivity contribution in [3.8, 4) is 0 Å². The smallest absolute Gasteiger partial charge is 0.376 e. The van der Waals surface area contributed by atoms with Gasteiger partial charge in [-0.1, -0.05) is 6.42 Å². The van der Waals surface area contributed by atoms with Crippen molar-refractivity contribution >= 4 is 15.8 Å². The standard InChI is InChI=1S/C12H17NO5S/c1-3-17-12(14)11-8(2)13-10(18-11)7-19(15,16)9-5-4-6-9/h9H,3-7H2,1-2H3. The molecule has 0 amide bonds. The Morgan fingerprint density at radius 3 is 2.68 bits per heavy atom. The van der Waals surface area contributed by atoms with Gasteiger partial charge in [-0.2, -0.15) is 0 Å². The van der Waals surface area contributed by atoms with Crippen molar-refractivity contribution in [1.29, 1.82) is 0 Å². The van der Waals surface area contributed by atoms with Crippen LogP contribution in [0.4, 0.5) is 0 Å². The molecule has 0 unspecified atom stereocenters. The summed E-state index contributed by atoms with van der Waals surface area (Å²) in [5.74, 6) is -0.814. The molecule has 19 heavy (non-hydrogen) atoms. The Kier molecular flexibility index (Phi) is 3.93. The average Bonchev–Trinajstić information content (AvgIpc) is 2.55. The molecule has 1 aliphatic rings. The van der Waals surface area contributed by atoms with E-state index in [2.05, 4.69) is 4.98 Å². The molecule has 0 bridgehead atoms. The Morgan fingerprint density at radius 1 is 1.47 bits per heavy atom. The summed E-state index contributed by atoms with van der Waals surface area (Å²) < 4.78 is 34.0. The highest BCUT2D eigenvalue weighted by Gasteiger charge is 2.33. The SMILES string of the molecule is CCOC(=O)c1oc(CS(=O)(=O)C2CCC2)nc1C. The topological polar surface area (TPSA) is 86.5 Å². The number of esters is 1. The molecule has 0 N–H and O–H groups in total. The Balaban J connectivity index is 2.14. The number of carbonyl (C=O) groups is 1. The first kappa shape index (κ1) is 14.0. The van der Waals surface area contributed by atoms with Crippen LogP contribution in [0.3, 0.4) is 0 Å². The molecule has 0 aromatic carbocycles. The summed E-state index contributed by atoms with van der Waals surface area (Å²) in [4.78, 5) is 15.5. The lowest BCUT2D eigenvalue weighted by Gasteiger charge is -2.24. The number of nitrogens with zero attached hydrogens (tertiary/aromatic N) is 1. The monoisotopic (exact) mass is 287 g/mol. The van der Waals surface area contributed by atoms with E-state index in [0.717, 1.165) is 6.42 Å². The highest BCUT2D eigenvalue weighted by Crippen LogP contribution is 2.28. The molecule has 1 saturated carbocycles. The fourth-order valence-corrected chi connectivity index (χ4v) is 3.67. The number of aryl methyl sites for hydroxylation is 1. The first-order valence-electron chi connectivity index (χ1n) is 6.29. The summed E-state index contributed by atoms with van der Waals surface area (Å²) in [5, 5.41) is -0.286. The Hall–Kier alpha value is -1.37. The van der Waals surface area contributed by atoms with Crippen molar-refractivity contribution in [3.05, 3.63) is 17.3 Å². The van der Waals surface area contributed by atoms with E-state index < -0.39 is 15.8 Å². The predicted octanol–water partition coefficient (Wildman–Crippen LogP) is 1.63. The zero-order chi connectivity index (χ0) is 14.0. The van der Waals surface area contributed by atoms with Crippen LogP contribution in [0.25, 0.3) is 0 Å². The molecule has 1 heterocycles. The minimum atomic E-state index is -3.23. The molecule has 1 aromatic rings. The van der Waals surface area contributed by atoms with Crippen LogP contribution in [0.15, 0.2) is 4.42 Å². The van der Waals surface area contributed by atoms with E-state index in [1.54, 1.807) is 13.8 Å². The second-order valence-corrected chi connectivity index (χ2v) is 6.88. The van der Waals surface area contributed by atoms with Crippen molar-refractivity contribution in [3.63, 3.8) is 0 Å². The predicted molar refractivity (Wildman–Crippen MR) is 67.5 cm³/mol. The number of hydrogen-bond donors (Lipinski definition) is 0. The van der Waals surface area contributed by atoms with Gasteiger partial charge < -0.3 is 9.15 Å². The van der Waals surface area contributed by atoms with Crippen LogP contribution < -0.4 is 0 Å². The van der Waals surface area contributed by atoms with Crippen molar-refractivity contribution in [2.24, 2.45) is 0 Å². The summed E-state index contributed by atoms with van der Waals surface area (Å²) in [5.41, 5.74) is 0.359. The third kappa shape index (κ3) is 2.97. The summed E-state index contributed by atoms with van der Waals surface area (Å²) in [6, 6.07) is 0. The van der Waals surface area contributed by atoms with E-state index >= 15 is 0 Å². The second-order valence-electron chi connectivity index (χ2n) is 4.60. The van der Waals surface area contributed by atoms with Crippen molar-refractivity contribution in [2.75, 3.05) is 6.61 Å². The number of carbonyl (C=O) groups excluding carboxylic acids is 1. The van der Waals surface area contributed by atoms with Gasteiger partial charge >= 0.3 is 5.97 Å². The quantitative estimate of drug-likeness (QED) is 0.765. The molecule has 1 aromatic heterocycles. The van der Waals surface area contributed by atoms with E-state index in [1.165, 1.54) is 0 Å². The van der Waals surface area contributed by atoms with E-state index in [1.807, 2.05) is 0 Å². The first-order chi connectivity index (χ1) is 8.94. The lowest BCUT2D eigenvalue weighted by molar-refractivity contribution is 0.0487. The van der Waals surface area contributed by atoms with Crippen LogP contribution in [0.5, 0.6) is 0 Å². The third-order valence-electron chi connectivity index (χ3n) is 3.19. The van der Waals surface area contributed by atoms with E-state index in [-0.39, 0.29) is 29.3 Å². The number of hydrogen-bond acceptors (Lipinski definition) is 6. The summed E-state index contributed by atoms with van der Waals surface area (Å²) >= 11 is 0. The number of sulfone groups is 1. The molecule has 0 spiro atoms. The van der Waals surface area contributed by atoms with Crippen molar-refractivity contribution in [1.82, 2.24) is 4.98 Å².